The summed E-state index contributed by atoms with van der Waals surface area (Å²) in [6.45, 7) is 3.80. The maximum atomic E-state index is 12.8. The van der Waals surface area contributed by atoms with E-state index >= 15 is 0 Å². The van der Waals surface area contributed by atoms with E-state index in [2.05, 4.69) is 17.6 Å². The molecule has 0 bridgehead atoms. The molecule has 2 aliphatic rings. The van der Waals surface area contributed by atoms with Gasteiger partial charge < -0.3 is 15.7 Å². The van der Waals surface area contributed by atoms with Crippen LogP contribution in [-0.4, -0.2) is 36.1 Å². The van der Waals surface area contributed by atoms with Gasteiger partial charge in [0.1, 0.15) is 0 Å². The van der Waals surface area contributed by atoms with Gasteiger partial charge in [0.25, 0.3) is 0 Å². The summed E-state index contributed by atoms with van der Waals surface area (Å²) in [7, 11) is 0. The van der Waals surface area contributed by atoms with Gasteiger partial charge in [-0.2, -0.15) is 0 Å². The minimum absolute atomic E-state index is 0.0737. The zero-order chi connectivity index (χ0) is 15.3. The average molecular weight is 296 g/mol. The molecule has 3 N–H and O–H groups in total. The van der Waals surface area contributed by atoms with Gasteiger partial charge in [0.2, 0.25) is 5.91 Å². The van der Waals surface area contributed by atoms with Crippen molar-refractivity contribution in [3.63, 3.8) is 0 Å². The number of amides is 1. The van der Waals surface area contributed by atoms with Crippen LogP contribution in [0.2, 0.25) is 0 Å². The molecule has 120 valence electrons. The normalized spacial score (nSPS) is 29.4. The smallest absolute Gasteiger partial charge is 0.308 e. The first-order valence-electron chi connectivity index (χ1n) is 8.33. The lowest BCUT2D eigenvalue weighted by Crippen LogP contribution is -2.52. The van der Waals surface area contributed by atoms with Crippen LogP contribution in [0, 0.1) is 11.3 Å². The molecule has 5 nitrogen and oxygen atoms in total. The fourth-order valence-corrected chi connectivity index (χ4v) is 3.74. The Bertz CT molecular complexity index is 378. The molecular formula is C16H28N2O3. The van der Waals surface area contributed by atoms with Crippen LogP contribution in [0.25, 0.3) is 0 Å². The molecule has 2 atom stereocenters. The van der Waals surface area contributed by atoms with Crippen molar-refractivity contribution >= 4 is 11.9 Å². The Balaban J connectivity index is 2.06. The summed E-state index contributed by atoms with van der Waals surface area (Å²) in [4.78, 5) is 24.2. The van der Waals surface area contributed by atoms with Gasteiger partial charge in [0, 0.05) is 6.04 Å². The molecule has 0 aromatic heterocycles. The van der Waals surface area contributed by atoms with Crippen LogP contribution in [0.15, 0.2) is 0 Å². The number of hydrogen-bond donors (Lipinski definition) is 3. The van der Waals surface area contributed by atoms with Gasteiger partial charge in [-0.15, -0.1) is 0 Å². The van der Waals surface area contributed by atoms with E-state index in [-0.39, 0.29) is 17.4 Å². The molecule has 0 aromatic rings. The third-order valence-corrected chi connectivity index (χ3v) is 5.37. The van der Waals surface area contributed by atoms with Gasteiger partial charge in [-0.25, -0.2) is 0 Å². The molecule has 2 rings (SSSR count). The van der Waals surface area contributed by atoms with E-state index in [0.29, 0.717) is 6.42 Å². The van der Waals surface area contributed by atoms with Crippen molar-refractivity contribution in [1.82, 2.24) is 10.6 Å². The lowest BCUT2D eigenvalue weighted by molar-refractivity contribution is -0.144. The van der Waals surface area contributed by atoms with Crippen molar-refractivity contribution < 1.29 is 14.7 Å². The van der Waals surface area contributed by atoms with Crippen molar-refractivity contribution in [2.45, 2.75) is 64.3 Å². The maximum Gasteiger partial charge on any atom is 0.308 e. The van der Waals surface area contributed by atoms with E-state index in [1.165, 1.54) is 0 Å². The first-order chi connectivity index (χ1) is 10.1. The van der Waals surface area contributed by atoms with Crippen LogP contribution in [-0.2, 0) is 9.59 Å². The highest BCUT2D eigenvalue weighted by molar-refractivity contribution is 5.84. The lowest BCUT2D eigenvalue weighted by Gasteiger charge is -2.37. The van der Waals surface area contributed by atoms with Crippen LogP contribution in [0.3, 0.4) is 0 Å². The molecule has 0 spiro atoms. The van der Waals surface area contributed by atoms with E-state index in [4.69, 9.17) is 0 Å². The standard InChI is InChI=1S/C16H28N2O3/c1-2-16(8-10-17-11-9-16)15(21)18-13-7-5-3-4-6-12(13)14(19)20/h12-13,17H,2-11H2,1H3,(H,18,21)(H,19,20). The second-order valence-electron chi connectivity index (χ2n) is 6.55. The van der Waals surface area contributed by atoms with Gasteiger partial charge in [0.05, 0.1) is 11.3 Å². The molecular weight excluding hydrogens is 268 g/mol. The quantitative estimate of drug-likeness (QED) is 0.693. The third-order valence-electron chi connectivity index (χ3n) is 5.37. The average Bonchev–Trinajstić information content (AvgIpc) is 2.73. The second kappa shape index (κ2) is 7.25. The molecule has 2 fully saturated rings. The van der Waals surface area contributed by atoms with Crippen LogP contribution in [0.4, 0.5) is 0 Å². The Kier molecular flexibility index (Phi) is 5.62. The van der Waals surface area contributed by atoms with Gasteiger partial charge in [-0.05, 0) is 45.2 Å². The Morgan fingerprint density at radius 2 is 1.86 bits per heavy atom. The van der Waals surface area contributed by atoms with Crippen LogP contribution >= 0.6 is 0 Å². The number of carboxylic acids is 1. The monoisotopic (exact) mass is 296 g/mol. The number of piperidine rings is 1. The molecule has 1 saturated carbocycles. The lowest BCUT2D eigenvalue weighted by atomic mass is 9.75. The van der Waals surface area contributed by atoms with Crippen molar-refractivity contribution in [2.24, 2.45) is 11.3 Å². The molecule has 0 radical (unpaired) electrons. The highest BCUT2D eigenvalue weighted by Crippen LogP contribution is 2.34. The summed E-state index contributed by atoms with van der Waals surface area (Å²) in [6, 6.07) is -0.198. The summed E-state index contributed by atoms with van der Waals surface area (Å²) in [5.74, 6) is -1.12. The fraction of sp³-hybridized carbons (Fsp3) is 0.875. The molecule has 1 aliphatic carbocycles. The van der Waals surface area contributed by atoms with Crippen LogP contribution < -0.4 is 10.6 Å². The minimum Gasteiger partial charge on any atom is -0.481 e. The van der Waals surface area contributed by atoms with Gasteiger partial charge in [-0.1, -0.05) is 26.2 Å². The fourth-order valence-electron chi connectivity index (χ4n) is 3.74. The molecule has 1 heterocycles. The number of rotatable bonds is 4. The van der Waals surface area contributed by atoms with Crippen molar-refractivity contribution in [3.8, 4) is 0 Å². The Morgan fingerprint density at radius 3 is 2.48 bits per heavy atom. The first kappa shape index (κ1) is 16.3. The zero-order valence-corrected chi connectivity index (χ0v) is 13.0. The number of nitrogens with one attached hydrogen (secondary N) is 2. The summed E-state index contributed by atoms with van der Waals surface area (Å²) in [5.41, 5.74) is -0.305. The van der Waals surface area contributed by atoms with E-state index in [1.807, 2.05) is 0 Å². The van der Waals surface area contributed by atoms with E-state index in [1.54, 1.807) is 0 Å². The summed E-state index contributed by atoms with van der Waals surface area (Å²) in [5, 5.41) is 15.8. The van der Waals surface area contributed by atoms with Gasteiger partial charge in [-0.3, -0.25) is 9.59 Å². The van der Waals surface area contributed by atoms with Gasteiger partial charge >= 0.3 is 5.97 Å². The Morgan fingerprint density at radius 1 is 1.19 bits per heavy atom. The highest BCUT2D eigenvalue weighted by Gasteiger charge is 2.40. The summed E-state index contributed by atoms with van der Waals surface area (Å²) >= 11 is 0. The molecule has 1 aliphatic heterocycles. The van der Waals surface area contributed by atoms with Crippen molar-refractivity contribution in [3.05, 3.63) is 0 Å². The SMILES string of the molecule is CCC1(C(=O)NC2CCCCCC2C(=O)O)CCNCC1. The van der Waals surface area contributed by atoms with Crippen molar-refractivity contribution in [1.29, 1.82) is 0 Å². The molecule has 0 aromatic carbocycles. The van der Waals surface area contributed by atoms with Crippen LogP contribution in [0.1, 0.15) is 58.3 Å². The third kappa shape index (κ3) is 3.76. The number of carboxylic acid groups (broad SMARTS) is 1. The number of carbonyl (C=O) groups excluding carboxylic acids is 1. The predicted molar refractivity (Wildman–Crippen MR) is 81.0 cm³/mol. The highest BCUT2D eigenvalue weighted by atomic mass is 16.4. The Hall–Kier alpha value is -1.10. The number of carbonyl (C=O) groups is 2. The van der Waals surface area contributed by atoms with E-state index < -0.39 is 11.9 Å². The van der Waals surface area contributed by atoms with E-state index in [0.717, 1.165) is 58.0 Å². The molecule has 21 heavy (non-hydrogen) atoms. The predicted octanol–water partition coefficient (Wildman–Crippen LogP) is 1.92. The maximum absolute atomic E-state index is 12.8. The molecule has 1 amide bonds. The molecule has 5 heteroatoms. The number of aliphatic carboxylic acids is 1. The largest absolute Gasteiger partial charge is 0.481 e. The first-order valence-corrected chi connectivity index (χ1v) is 8.33. The summed E-state index contributed by atoms with van der Waals surface area (Å²) < 4.78 is 0. The zero-order valence-electron chi connectivity index (χ0n) is 13.0. The second-order valence-corrected chi connectivity index (χ2v) is 6.55. The number of hydrogen-bond acceptors (Lipinski definition) is 3. The molecule has 2 unspecified atom stereocenters. The van der Waals surface area contributed by atoms with Gasteiger partial charge in [0.15, 0.2) is 0 Å². The van der Waals surface area contributed by atoms with Crippen molar-refractivity contribution in [2.75, 3.05) is 13.1 Å². The minimum atomic E-state index is -0.766. The Labute approximate surface area is 126 Å². The topological polar surface area (TPSA) is 78.4 Å². The van der Waals surface area contributed by atoms with Crippen LogP contribution in [0.5, 0.6) is 0 Å². The summed E-state index contributed by atoms with van der Waals surface area (Å²) in [6.07, 6.45) is 7.02. The molecule has 1 saturated heterocycles. The van der Waals surface area contributed by atoms with E-state index in [9.17, 15) is 14.7 Å².